The fourth-order valence-electron chi connectivity index (χ4n) is 3.73. The van der Waals surface area contributed by atoms with Gasteiger partial charge in [0.2, 0.25) is 5.72 Å². The molecule has 2 atom stereocenters. The molecule has 0 fully saturated rings. The van der Waals surface area contributed by atoms with Crippen molar-refractivity contribution in [1.29, 1.82) is 0 Å². The largest absolute Gasteiger partial charge is 0.478 e. The van der Waals surface area contributed by atoms with Crippen molar-refractivity contribution in [3.05, 3.63) is 77.2 Å². The third kappa shape index (κ3) is 4.59. The first kappa shape index (κ1) is 25.8. The lowest BCUT2D eigenvalue weighted by Crippen LogP contribution is -2.71. The lowest BCUT2D eigenvalue weighted by Gasteiger charge is -2.48. The first-order valence-corrected chi connectivity index (χ1v) is 10.2. The van der Waals surface area contributed by atoms with Crippen LogP contribution < -0.4 is 16.2 Å². The van der Waals surface area contributed by atoms with E-state index in [2.05, 4.69) is 0 Å². The second-order valence-electron chi connectivity index (χ2n) is 7.86. The highest BCUT2D eigenvalue weighted by Crippen LogP contribution is 2.37. The van der Waals surface area contributed by atoms with E-state index in [0.717, 1.165) is 18.2 Å². The third-order valence-electron chi connectivity index (χ3n) is 5.48. The van der Waals surface area contributed by atoms with Crippen LogP contribution in [0.3, 0.4) is 0 Å². The Morgan fingerprint density at radius 1 is 1.08 bits per heavy atom. The van der Waals surface area contributed by atoms with Gasteiger partial charge >= 0.3 is 11.9 Å². The molecule has 0 radical (unpaired) electrons. The molecule has 188 valence electrons. The van der Waals surface area contributed by atoms with E-state index in [0.29, 0.717) is 11.1 Å². The Balaban J connectivity index is 2.33. The number of carbonyl (C=O) groups excluding carboxylic acids is 3. The van der Waals surface area contributed by atoms with E-state index >= 15 is 0 Å². The number of amides is 2. The summed E-state index contributed by atoms with van der Waals surface area (Å²) in [6.07, 6.45) is -1.57. The summed E-state index contributed by atoms with van der Waals surface area (Å²) in [7, 11) is 0. The Labute approximate surface area is 202 Å². The summed E-state index contributed by atoms with van der Waals surface area (Å²) in [5.41, 5.74) is 3.39. The van der Waals surface area contributed by atoms with Crippen molar-refractivity contribution in [2.24, 2.45) is 11.5 Å². The average molecular weight is 501 g/mol. The van der Waals surface area contributed by atoms with E-state index in [4.69, 9.17) is 16.2 Å². The van der Waals surface area contributed by atoms with E-state index in [1.54, 1.807) is 6.07 Å². The molecule has 36 heavy (non-hydrogen) atoms. The normalized spacial score (nSPS) is 19.1. The standard InChI is InChI=1S/C23H20FN3O9/c24-16-7-6-12(8-14(16)18(25)29)9-23(20(26)32,36-13-4-2-1-3-5-13)27-11-15(19(30)31)17(28)10-22(27,35)21(33)34/h1-8,11,35H,9-10H2,(H2,25,29)(H2,26,32)(H,30,31)(H,33,34). The van der Waals surface area contributed by atoms with Gasteiger partial charge in [-0.1, -0.05) is 24.3 Å². The number of aliphatic carboxylic acids is 2. The van der Waals surface area contributed by atoms with Gasteiger partial charge in [-0.05, 0) is 29.8 Å². The summed E-state index contributed by atoms with van der Waals surface area (Å²) in [6, 6.07) is 10.2. The van der Waals surface area contributed by atoms with E-state index in [1.807, 2.05) is 0 Å². The maximum absolute atomic E-state index is 14.1. The number of nitrogens with zero attached hydrogens (tertiary/aromatic N) is 1. The van der Waals surface area contributed by atoms with Gasteiger partial charge in [-0.15, -0.1) is 0 Å². The number of halogens is 1. The molecule has 0 saturated carbocycles. The Kier molecular flexibility index (Phi) is 6.79. The minimum Gasteiger partial charge on any atom is -0.478 e. The minimum atomic E-state index is -3.19. The first-order valence-electron chi connectivity index (χ1n) is 10.2. The number of carbonyl (C=O) groups is 5. The zero-order valence-electron chi connectivity index (χ0n) is 18.4. The van der Waals surface area contributed by atoms with Crippen molar-refractivity contribution >= 4 is 29.5 Å². The molecule has 2 aromatic rings. The number of ketones is 1. The molecule has 7 N–H and O–H groups in total. The molecule has 0 aromatic heterocycles. The van der Waals surface area contributed by atoms with Crippen LogP contribution in [-0.4, -0.2) is 61.2 Å². The van der Waals surface area contributed by atoms with Crippen molar-refractivity contribution in [3.63, 3.8) is 0 Å². The summed E-state index contributed by atoms with van der Waals surface area (Å²) < 4.78 is 19.9. The van der Waals surface area contributed by atoms with E-state index < -0.39 is 70.8 Å². The molecule has 2 unspecified atom stereocenters. The van der Waals surface area contributed by atoms with Crippen LogP contribution in [-0.2, 0) is 25.6 Å². The smallest absolute Gasteiger partial charge is 0.357 e. The molecule has 1 heterocycles. The monoisotopic (exact) mass is 501 g/mol. The lowest BCUT2D eigenvalue weighted by atomic mass is 9.89. The molecule has 0 aliphatic carbocycles. The van der Waals surface area contributed by atoms with Crippen LogP contribution in [0.2, 0.25) is 0 Å². The highest BCUT2D eigenvalue weighted by Gasteiger charge is 2.59. The molecule has 1 aliphatic rings. The van der Waals surface area contributed by atoms with Crippen molar-refractivity contribution in [1.82, 2.24) is 4.90 Å². The van der Waals surface area contributed by atoms with Crippen LogP contribution in [0.4, 0.5) is 4.39 Å². The number of Topliss-reactive ketones (excluding diaryl/α,β-unsaturated/α-hetero) is 1. The zero-order valence-corrected chi connectivity index (χ0v) is 18.4. The number of carboxylic acids is 2. The van der Waals surface area contributed by atoms with Crippen LogP contribution in [0.1, 0.15) is 22.3 Å². The third-order valence-corrected chi connectivity index (χ3v) is 5.48. The van der Waals surface area contributed by atoms with Crippen molar-refractivity contribution in [3.8, 4) is 5.75 Å². The predicted octanol–water partition coefficient (Wildman–Crippen LogP) is -0.256. The second kappa shape index (κ2) is 9.46. The van der Waals surface area contributed by atoms with E-state index in [9.17, 15) is 43.7 Å². The van der Waals surface area contributed by atoms with Gasteiger partial charge in [0, 0.05) is 12.6 Å². The van der Waals surface area contributed by atoms with Crippen LogP contribution >= 0.6 is 0 Å². The Morgan fingerprint density at radius 2 is 1.72 bits per heavy atom. The fourth-order valence-corrected chi connectivity index (χ4v) is 3.73. The molecular formula is C23H20FN3O9. The van der Waals surface area contributed by atoms with Crippen LogP contribution in [0, 0.1) is 5.82 Å². The molecular weight excluding hydrogens is 481 g/mol. The molecule has 13 heteroatoms. The first-order chi connectivity index (χ1) is 16.8. The van der Waals surface area contributed by atoms with Gasteiger partial charge in [-0.3, -0.25) is 19.3 Å². The number of benzene rings is 2. The number of ether oxygens (including phenoxy) is 1. The topological polar surface area (TPSA) is 211 Å². The highest BCUT2D eigenvalue weighted by atomic mass is 19.1. The molecule has 0 bridgehead atoms. The van der Waals surface area contributed by atoms with E-state index in [-0.39, 0.29) is 11.3 Å². The molecule has 0 saturated heterocycles. The van der Waals surface area contributed by atoms with Gasteiger partial charge in [-0.2, -0.15) is 0 Å². The van der Waals surface area contributed by atoms with Crippen LogP contribution in [0.25, 0.3) is 0 Å². The summed E-state index contributed by atoms with van der Waals surface area (Å²) in [5, 5.41) is 30.3. The number of nitrogens with two attached hydrogens (primary N) is 2. The number of aliphatic hydroxyl groups is 1. The molecule has 1 aliphatic heterocycles. The summed E-state index contributed by atoms with van der Waals surface area (Å²) in [5.74, 6) is -8.64. The average Bonchev–Trinajstić information content (AvgIpc) is 2.80. The number of hydrogen-bond acceptors (Lipinski definition) is 8. The number of rotatable bonds is 9. The molecule has 0 spiro atoms. The number of primary amides is 2. The second-order valence-corrected chi connectivity index (χ2v) is 7.86. The Bertz CT molecular complexity index is 1300. The summed E-state index contributed by atoms with van der Waals surface area (Å²) in [6.45, 7) is 0. The summed E-state index contributed by atoms with van der Waals surface area (Å²) in [4.78, 5) is 61.1. The van der Waals surface area contributed by atoms with Gasteiger partial charge in [0.1, 0.15) is 17.1 Å². The van der Waals surface area contributed by atoms with Gasteiger partial charge in [0.25, 0.3) is 17.5 Å². The number of para-hydroxylation sites is 1. The number of carboxylic acid groups (broad SMARTS) is 2. The molecule has 2 amide bonds. The fraction of sp³-hybridized carbons (Fsp3) is 0.174. The zero-order chi connectivity index (χ0) is 26.8. The van der Waals surface area contributed by atoms with Crippen LogP contribution in [0.15, 0.2) is 60.3 Å². The van der Waals surface area contributed by atoms with Gasteiger partial charge in [0.15, 0.2) is 5.78 Å². The quantitative estimate of drug-likeness (QED) is 0.284. The molecule has 3 rings (SSSR count). The van der Waals surface area contributed by atoms with Crippen LogP contribution in [0.5, 0.6) is 5.75 Å². The molecule has 2 aromatic carbocycles. The Hall–Kier alpha value is -4.78. The van der Waals surface area contributed by atoms with Crippen molar-refractivity contribution in [2.75, 3.05) is 0 Å². The van der Waals surface area contributed by atoms with Crippen molar-refractivity contribution in [2.45, 2.75) is 24.3 Å². The maximum atomic E-state index is 14.1. The minimum absolute atomic E-state index is 0.0326. The summed E-state index contributed by atoms with van der Waals surface area (Å²) >= 11 is 0. The SMILES string of the molecule is NC(=O)c1cc(CC(Oc2ccccc2)(C(N)=O)N2C=C(C(=O)O)C(=O)CC2(O)C(=O)O)ccc1F. The molecule has 12 nitrogen and oxygen atoms in total. The lowest BCUT2D eigenvalue weighted by molar-refractivity contribution is -0.217. The highest BCUT2D eigenvalue weighted by molar-refractivity contribution is 6.18. The van der Waals surface area contributed by atoms with E-state index in [1.165, 1.54) is 24.3 Å². The predicted molar refractivity (Wildman–Crippen MR) is 117 cm³/mol. The Morgan fingerprint density at radius 3 is 2.25 bits per heavy atom. The van der Waals surface area contributed by atoms with Gasteiger partial charge in [0.05, 0.1) is 12.0 Å². The maximum Gasteiger partial charge on any atom is 0.357 e. The number of hydrogen-bond donors (Lipinski definition) is 5. The van der Waals surface area contributed by atoms with Gasteiger partial charge in [-0.25, -0.2) is 14.0 Å². The van der Waals surface area contributed by atoms with Gasteiger partial charge < -0.3 is 31.5 Å². The van der Waals surface area contributed by atoms with Crippen molar-refractivity contribution < 1.29 is 48.4 Å².